The summed E-state index contributed by atoms with van der Waals surface area (Å²) >= 11 is 18.0. The molecule has 0 aliphatic carbocycles. The third-order valence-corrected chi connectivity index (χ3v) is 5.93. The van der Waals surface area contributed by atoms with Crippen LogP contribution in [0.1, 0.15) is 0 Å². The maximum atomic E-state index is 12.5. The summed E-state index contributed by atoms with van der Waals surface area (Å²) in [5.41, 5.74) is 1.75. The van der Waals surface area contributed by atoms with E-state index in [2.05, 4.69) is 20.1 Å². The van der Waals surface area contributed by atoms with E-state index < -0.39 is 0 Å². The van der Waals surface area contributed by atoms with Gasteiger partial charge in [0.25, 0.3) is 5.91 Å². The lowest BCUT2D eigenvalue weighted by molar-refractivity contribution is -0.133. The fourth-order valence-corrected chi connectivity index (χ4v) is 3.79. The fraction of sp³-hybridized carbons (Fsp3) is 0.238. The molecule has 1 aromatic carbocycles. The van der Waals surface area contributed by atoms with Crippen molar-refractivity contribution in [3.05, 3.63) is 63.9 Å². The summed E-state index contributed by atoms with van der Waals surface area (Å²) < 4.78 is 5.55. The number of halogens is 3. The number of benzene rings is 1. The number of aromatic nitrogens is 3. The first kappa shape index (κ1) is 21.6. The number of rotatable bonds is 5. The molecule has 0 saturated carbocycles. The Morgan fingerprint density at radius 3 is 2.29 bits per heavy atom. The van der Waals surface area contributed by atoms with Crippen LogP contribution in [0.2, 0.25) is 15.1 Å². The molecule has 1 aliphatic rings. The van der Waals surface area contributed by atoms with Gasteiger partial charge >= 0.3 is 0 Å². The molecule has 2 aromatic heterocycles. The van der Waals surface area contributed by atoms with Crippen molar-refractivity contribution in [1.82, 2.24) is 20.1 Å². The zero-order valence-electron chi connectivity index (χ0n) is 16.3. The molecule has 1 aliphatic heterocycles. The number of hydrogen-bond donors (Lipinski definition) is 0. The molecule has 0 N–H and O–H groups in total. The van der Waals surface area contributed by atoms with Crippen LogP contribution in [0.3, 0.4) is 0 Å². The van der Waals surface area contributed by atoms with Gasteiger partial charge in [-0.2, -0.15) is 0 Å². The molecule has 1 amide bonds. The molecule has 0 radical (unpaired) electrons. The summed E-state index contributed by atoms with van der Waals surface area (Å²) in [4.78, 5) is 20.4. The lowest BCUT2D eigenvalue weighted by Crippen LogP contribution is -2.50. The molecule has 3 aromatic rings. The van der Waals surface area contributed by atoms with Gasteiger partial charge < -0.3 is 14.5 Å². The second kappa shape index (κ2) is 9.68. The highest BCUT2D eigenvalue weighted by molar-refractivity contribution is 6.43. The largest absolute Gasteiger partial charge is 0.482 e. The number of pyridine rings is 1. The van der Waals surface area contributed by atoms with Gasteiger partial charge in [-0.25, -0.2) is 0 Å². The lowest BCUT2D eigenvalue weighted by Gasteiger charge is -2.35. The van der Waals surface area contributed by atoms with E-state index >= 15 is 0 Å². The van der Waals surface area contributed by atoms with Crippen LogP contribution in [0.5, 0.6) is 5.75 Å². The second-order valence-electron chi connectivity index (χ2n) is 6.87. The van der Waals surface area contributed by atoms with Gasteiger partial charge in [-0.15, -0.1) is 10.2 Å². The van der Waals surface area contributed by atoms with Crippen LogP contribution in [-0.4, -0.2) is 58.8 Å². The maximum absolute atomic E-state index is 12.5. The number of carbonyl (C=O) groups excluding carboxylic acids is 1. The van der Waals surface area contributed by atoms with E-state index in [1.807, 2.05) is 24.3 Å². The molecule has 31 heavy (non-hydrogen) atoms. The minimum absolute atomic E-state index is 0.124. The highest BCUT2D eigenvalue weighted by Gasteiger charge is 2.23. The minimum atomic E-state index is -0.127. The molecule has 3 heterocycles. The van der Waals surface area contributed by atoms with E-state index in [0.717, 1.165) is 17.1 Å². The molecule has 160 valence electrons. The number of ether oxygens (including phenoxy) is 1. The Kier molecular flexibility index (Phi) is 6.75. The number of piperazine rings is 1. The van der Waals surface area contributed by atoms with Crippen molar-refractivity contribution < 1.29 is 9.53 Å². The van der Waals surface area contributed by atoms with Crippen LogP contribution < -0.4 is 9.64 Å². The molecular weight excluding hydrogens is 461 g/mol. The van der Waals surface area contributed by atoms with Crippen molar-refractivity contribution in [2.24, 2.45) is 0 Å². The number of carbonyl (C=O) groups is 1. The first-order valence-corrected chi connectivity index (χ1v) is 10.7. The monoisotopic (exact) mass is 477 g/mol. The van der Waals surface area contributed by atoms with E-state index in [1.165, 1.54) is 12.1 Å². The van der Waals surface area contributed by atoms with Gasteiger partial charge in [0.2, 0.25) is 0 Å². The Labute approximate surface area is 194 Å². The van der Waals surface area contributed by atoms with Crippen molar-refractivity contribution >= 4 is 46.5 Å². The lowest BCUT2D eigenvalue weighted by atomic mass is 10.2. The van der Waals surface area contributed by atoms with E-state index in [1.54, 1.807) is 17.3 Å². The third-order valence-electron chi connectivity index (χ3n) is 4.91. The summed E-state index contributed by atoms with van der Waals surface area (Å²) in [6.07, 6.45) is 3.45. The number of anilines is 1. The summed E-state index contributed by atoms with van der Waals surface area (Å²) in [7, 11) is 0. The predicted octanol–water partition coefficient (Wildman–Crippen LogP) is 4.23. The van der Waals surface area contributed by atoms with Gasteiger partial charge in [0.15, 0.2) is 12.4 Å². The normalized spacial score (nSPS) is 13.9. The van der Waals surface area contributed by atoms with Crippen molar-refractivity contribution in [2.75, 3.05) is 37.7 Å². The summed E-state index contributed by atoms with van der Waals surface area (Å²) in [5.74, 6) is 0.984. The smallest absolute Gasteiger partial charge is 0.260 e. The fourth-order valence-electron chi connectivity index (χ4n) is 3.20. The van der Waals surface area contributed by atoms with Crippen LogP contribution in [-0.2, 0) is 4.79 Å². The van der Waals surface area contributed by atoms with E-state index in [-0.39, 0.29) is 12.5 Å². The Morgan fingerprint density at radius 2 is 1.61 bits per heavy atom. The highest BCUT2D eigenvalue weighted by atomic mass is 35.5. The Balaban J connectivity index is 1.30. The quantitative estimate of drug-likeness (QED) is 0.511. The van der Waals surface area contributed by atoms with Gasteiger partial charge in [-0.1, -0.05) is 34.8 Å². The summed E-state index contributed by atoms with van der Waals surface area (Å²) in [6, 6.07) is 10.7. The Bertz CT molecular complexity index is 1060. The van der Waals surface area contributed by atoms with Gasteiger partial charge in [0.1, 0.15) is 5.75 Å². The molecule has 0 unspecified atom stereocenters. The van der Waals surface area contributed by atoms with E-state index in [4.69, 9.17) is 39.5 Å². The molecule has 7 nitrogen and oxygen atoms in total. The van der Waals surface area contributed by atoms with Crippen LogP contribution in [0.25, 0.3) is 11.3 Å². The van der Waals surface area contributed by atoms with Crippen molar-refractivity contribution in [2.45, 2.75) is 0 Å². The second-order valence-corrected chi connectivity index (χ2v) is 8.09. The third kappa shape index (κ3) is 5.18. The van der Waals surface area contributed by atoms with Crippen LogP contribution in [0, 0.1) is 0 Å². The molecule has 4 rings (SSSR count). The maximum Gasteiger partial charge on any atom is 0.260 e. The van der Waals surface area contributed by atoms with Crippen LogP contribution in [0.4, 0.5) is 5.82 Å². The Hall–Kier alpha value is -2.61. The van der Waals surface area contributed by atoms with E-state index in [0.29, 0.717) is 47.0 Å². The SMILES string of the molecule is O=C(COc1cc(Cl)c(Cl)cc1Cl)N1CCN(c2ccc(-c3ccncc3)nn2)CC1. The zero-order chi connectivity index (χ0) is 21.8. The highest BCUT2D eigenvalue weighted by Crippen LogP contribution is 2.33. The standard InChI is InChI=1S/C21H18Cl3N5O2/c22-15-11-17(24)19(12-16(15)23)31-13-21(30)29-9-7-28(8-10-29)20-2-1-18(26-27-20)14-3-5-25-6-4-14/h1-6,11-12H,7-10,13H2. The molecule has 10 heteroatoms. The predicted molar refractivity (Wildman–Crippen MR) is 121 cm³/mol. The first-order valence-electron chi connectivity index (χ1n) is 9.55. The van der Waals surface area contributed by atoms with Crippen molar-refractivity contribution in [3.8, 4) is 17.0 Å². The topological polar surface area (TPSA) is 71.5 Å². The molecule has 0 bridgehead atoms. The van der Waals surface area contributed by atoms with Crippen molar-refractivity contribution in [3.63, 3.8) is 0 Å². The number of hydrogen-bond acceptors (Lipinski definition) is 6. The Morgan fingerprint density at radius 1 is 0.903 bits per heavy atom. The number of nitrogens with zero attached hydrogens (tertiary/aromatic N) is 5. The van der Waals surface area contributed by atoms with Gasteiger partial charge in [0.05, 0.1) is 20.8 Å². The van der Waals surface area contributed by atoms with Crippen LogP contribution >= 0.6 is 34.8 Å². The molecular formula is C21H18Cl3N5O2. The summed E-state index contributed by atoms with van der Waals surface area (Å²) in [6.45, 7) is 2.30. The summed E-state index contributed by atoms with van der Waals surface area (Å²) in [5, 5.41) is 9.61. The first-order chi connectivity index (χ1) is 15.0. The molecule has 0 spiro atoms. The number of amides is 1. The van der Waals surface area contributed by atoms with Gasteiger partial charge in [-0.3, -0.25) is 9.78 Å². The average molecular weight is 479 g/mol. The average Bonchev–Trinajstić information content (AvgIpc) is 2.81. The van der Waals surface area contributed by atoms with Crippen molar-refractivity contribution in [1.29, 1.82) is 0 Å². The zero-order valence-corrected chi connectivity index (χ0v) is 18.6. The van der Waals surface area contributed by atoms with Crippen LogP contribution in [0.15, 0.2) is 48.8 Å². The molecule has 1 saturated heterocycles. The van der Waals surface area contributed by atoms with E-state index in [9.17, 15) is 4.79 Å². The molecule has 1 fully saturated rings. The van der Waals surface area contributed by atoms with Gasteiger partial charge in [0, 0.05) is 50.2 Å². The molecule has 0 atom stereocenters. The van der Waals surface area contributed by atoms with Gasteiger partial charge in [-0.05, 0) is 30.3 Å². The minimum Gasteiger partial charge on any atom is -0.482 e.